The minimum absolute atomic E-state index is 0.0112. The molecule has 2 aliphatic rings. The lowest BCUT2D eigenvalue weighted by atomic mass is 9.83. The van der Waals surface area contributed by atoms with E-state index in [0.717, 1.165) is 22.2 Å². The van der Waals surface area contributed by atoms with Gasteiger partial charge < -0.3 is 9.64 Å². The largest absolute Gasteiger partial charge is 0.483 e. The number of hydrogen-bond acceptors (Lipinski definition) is 5. The molecule has 1 saturated heterocycles. The number of benzene rings is 1. The Hall–Kier alpha value is -3.16. The Morgan fingerprint density at radius 3 is 2.77 bits per heavy atom. The molecule has 0 unspecified atom stereocenters. The Balaban J connectivity index is 1.34. The number of aromatic nitrogens is 4. The Morgan fingerprint density at radius 2 is 2.03 bits per heavy atom. The molecule has 0 radical (unpaired) electrons. The number of ketones is 1. The molecule has 5 rings (SSSR count). The number of nitrogens with zero attached hydrogens (tertiary/aromatic N) is 4. The molecule has 2 aromatic heterocycles. The van der Waals surface area contributed by atoms with Gasteiger partial charge in [-0.3, -0.25) is 19.4 Å². The van der Waals surface area contributed by atoms with E-state index in [1.807, 2.05) is 37.8 Å². The number of ether oxygens (including phenoxy) is 1. The van der Waals surface area contributed by atoms with Gasteiger partial charge in [0, 0.05) is 49.1 Å². The summed E-state index contributed by atoms with van der Waals surface area (Å²) in [5, 5.41) is 12.6. The highest BCUT2D eigenvalue weighted by Gasteiger charge is 2.45. The van der Waals surface area contributed by atoms with Gasteiger partial charge in [-0.15, -0.1) is 0 Å². The Bertz CT molecular complexity index is 1170. The van der Waals surface area contributed by atoms with Crippen molar-refractivity contribution in [2.75, 3.05) is 13.1 Å². The van der Waals surface area contributed by atoms with Crippen molar-refractivity contribution in [1.82, 2.24) is 24.9 Å². The van der Waals surface area contributed by atoms with Crippen molar-refractivity contribution in [3.63, 3.8) is 0 Å². The van der Waals surface area contributed by atoms with Crippen molar-refractivity contribution in [2.24, 2.45) is 0 Å². The summed E-state index contributed by atoms with van der Waals surface area (Å²) >= 11 is 0. The molecule has 8 heteroatoms. The van der Waals surface area contributed by atoms with Crippen LogP contribution in [0.5, 0.6) is 5.75 Å². The summed E-state index contributed by atoms with van der Waals surface area (Å²) in [7, 11) is 0. The van der Waals surface area contributed by atoms with Crippen molar-refractivity contribution >= 4 is 22.6 Å². The molecule has 2 aliphatic heterocycles. The molecule has 156 valence electrons. The number of Topliss-reactive ketones (excluding diaryl/α,β-unsaturated/α-hetero) is 1. The smallest absolute Gasteiger partial charge is 0.253 e. The van der Waals surface area contributed by atoms with Crippen LogP contribution in [-0.2, 0) is 6.54 Å². The zero-order valence-electron chi connectivity index (χ0n) is 17.5. The average Bonchev–Trinajstić information content (AvgIpc) is 3.32. The summed E-state index contributed by atoms with van der Waals surface area (Å²) in [6.45, 7) is 7.72. The molecule has 0 atom stereocenters. The van der Waals surface area contributed by atoms with Crippen LogP contribution in [0.3, 0.4) is 0 Å². The number of aryl methyl sites for hydroxylation is 3. The van der Waals surface area contributed by atoms with Crippen LogP contribution in [-0.4, -0.2) is 55.3 Å². The SMILES string of the molecule is CCn1cc2c(n1)C(=O)CC1(CCN(C(=O)c3cc(C)c4n[nH]c(C)c4c3)CC1)O2. The first-order valence-electron chi connectivity index (χ1n) is 10.4. The number of carbonyl (C=O) groups excluding carboxylic acids is 2. The van der Waals surface area contributed by atoms with E-state index in [-0.39, 0.29) is 11.7 Å². The fourth-order valence-electron chi connectivity index (χ4n) is 4.59. The van der Waals surface area contributed by atoms with Crippen molar-refractivity contribution in [2.45, 2.75) is 52.2 Å². The molecular formula is C22H25N5O3. The zero-order valence-corrected chi connectivity index (χ0v) is 17.5. The van der Waals surface area contributed by atoms with Gasteiger partial charge in [0.1, 0.15) is 5.60 Å². The number of H-pyrrole nitrogens is 1. The van der Waals surface area contributed by atoms with Crippen LogP contribution in [0.15, 0.2) is 18.3 Å². The molecule has 4 heterocycles. The van der Waals surface area contributed by atoms with E-state index in [1.165, 1.54) is 0 Å². The number of likely N-dealkylation sites (tertiary alicyclic amines) is 1. The maximum absolute atomic E-state index is 13.2. The maximum atomic E-state index is 13.2. The molecule has 0 saturated carbocycles. The monoisotopic (exact) mass is 407 g/mol. The summed E-state index contributed by atoms with van der Waals surface area (Å²) in [5.41, 5.74) is 3.41. The summed E-state index contributed by atoms with van der Waals surface area (Å²) in [6.07, 6.45) is 3.39. The number of aromatic amines is 1. The lowest BCUT2D eigenvalue weighted by Crippen LogP contribution is -2.52. The molecule has 1 spiro atoms. The second-order valence-electron chi connectivity index (χ2n) is 8.41. The van der Waals surface area contributed by atoms with Crippen molar-refractivity contribution < 1.29 is 14.3 Å². The molecule has 3 aromatic rings. The van der Waals surface area contributed by atoms with Gasteiger partial charge in [-0.05, 0) is 38.5 Å². The second-order valence-corrected chi connectivity index (χ2v) is 8.41. The number of piperidine rings is 1. The molecule has 0 bridgehead atoms. The van der Waals surface area contributed by atoms with Gasteiger partial charge >= 0.3 is 0 Å². The van der Waals surface area contributed by atoms with Crippen LogP contribution >= 0.6 is 0 Å². The number of nitrogens with one attached hydrogen (secondary N) is 1. The van der Waals surface area contributed by atoms with Crippen LogP contribution in [0, 0.1) is 13.8 Å². The molecule has 1 amide bonds. The van der Waals surface area contributed by atoms with E-state index < -0.39 is 5.60 Å². The van der Waals surface area contributed by atoms with Gasteiger partial charge in [-0.1, -0.05) is 0 Å². The molecule has 1 N–H and O–H groups in total. The van der Waals surface area contributed by atoms with Crippen LogP contribution in [0.4, 0.5) is 0 Å². The van der Waals surface area contributed by atoms with Crippen LogP contribution < -0.4 is 4.74 Å². The zero-order chi connectivity index (χ0) is 21.0. The molecule has 1 fully saturated rings. The van der Waals surface area contributed by atoms with E-state index in [1.54, 1.807) is 10.9 Å². The van der Waals surface area contributed by atoms with Crippen molar-refractivity contribution in [1.29, 1.82) is 0 Å². The summed E-state index contributed by atoms with van der Waals surface area (Å²) in [5.74, 6) is 0.612. The fourth-order valence-corrected chi connectivity index (χ4v) is 4.59. The van der Waals surface area contributed by atoms with Gasteiger partial charge in [0.15, 0.2) is 17.2 Å². The first-order chi connectivity index (χ1) is 14.4. The van der Waals surface area contributed by atoms with Gasteiger partial charge in [0.25, 0.3) is 5.91 Å². The summed E-state index contributed by atoms with van der Waals surface area (Å²) in [6, 6.07) is 3.82. The van der Waals surface area contributed by atoms with Crippen LogP contribution in [0.25, 0.3) is 10.9 Å². The average molecular weight is 407 g/mol. The van der Waals surface area contributed by atoms with E-state index >= 15 is 0 Å². The van der Waals surface area contributed by atoms with Crippen molar-refractivity contribution in [3.8, 4) is 5.75 Å². The lowest BCUT2D eigenvalue weighted by molar-refractivity contribution is -0.00583. The van der Waals surface area contributed by atoms with E-state index in [2.05, 4.69) is 15.3 Å². The van der Waals surface area contributed by atoms with E-state index in [9.17, 15) is 9.59 Å². The number of rotatable bonds is 2. The number of hydrogen-bond donors (Lipinski definition) is 1. The van der Waals surface area contributed by atoms with Crippen molar-refractivity contribution in [3.05, 3.63) is 40.8 Å². The number of fused-ring (bicyclic) bond motifs is 2. The summed E-state index contributed by atoms with van der Waals surface area (Å²) < 4.78 is 8.01. The second kappa shape index (κ2) is 6.68. The highest BCUT2D eigenvalue weighted by Crippen LogP contribution is 2.39. The Labute approximate surface area is 174 Å². The predicted octanol–water partition coefficient (Wildman–Crippen LogP) is 3.04. The third-order valence-corrected chi connectivity index (χ3v) is 6.37. The predicted molar refractivity (Wildman–Crippen MR) is 111 cm³/mol. The van der Waals surface area contributed by atoms with Gasteiger partial charge in [-0.2, -0.15) is 10.2 Å². The third-order valence-electron chi connectivity index (χ3n) is 6.37. The number of carbonyl (C=O) groups is 2. The highest BCUT2D eigenvalue weighted by molar-refractivity contribution is 6.00. The van der Waals surface area contributed by atoms with Crippen LogP contribution in [0.2, 0.25) is 0 Å². The fraction of sp³-hybridized carbons (Fsp3) is 0.455. The molecule has 0 aliphatic carbocycles. The summed E-state index contributed by atoms with van der Waals surface area (Å²) in [4.78, 5) is 27.7. The lowest BCUT2D eigenvalue weighted by Gasteiger charge is -2.43. The van der Waals surface area contributed by atoms with E-state index in [0.29, 0.717) is 55.9 Å². The Kier molecular flexibility index (Phi) is 4.20. The minimum atomic E-state index is -0.538. The van der Waals surface area contributed by atoms with Gasteiger partial charge in [0.2, 0.25) is 0 Å². The molecule has 30 heavy (non-hydrogen) atoms. The quantitative estimate of drug-likeness (QED) is 0.705. The Morgan fingerprint density at radius 1 is 1.27 bits per heavy atom. The molecule has 8 nitrogen and oxygen atoms in total. The maximum Gasteiger partial charge on any atom is 0.253 e. The topological polar surface area (TPSA) is 93.1 Å². The normalized spacial score (nSPS) is 18.0. The first-order valence-corrected chi connectivity index (χ1v) is 10.4. The standard InChI is InChI=1S/C22H25N5O3/c1-4-27-12-18-20(25-27)17(28)11-22(30-18)5-7-26(8-6-22)21(29)15-9-13(2)19-16(10-15)14(3)23-24-19/h9-10,12H,4-8,11H2,1-3H3,(H,23,24). The highest BCUT2D eigenvalue weighted by atomic mass is 16.5. The first kappa shape index (κ1) is 18.8. The molecular weight excluding hydrogens is 382 g/mol. The molecule has 1 aromatic carbocycles. The number of amides is 1. The third kappa shape index (κ3) is 2.89. The van der Waals surface area contributed by atoms with Gasteiger partial charge in [-0.25, -0.2) is 0 Å². The van der Waals surface area contributed by atoms with Gasteiger partial charge in [0.05, 0.1) is 18.1 Å². The van der Waals surface area contributed by atoms with E-state index in [4.69, 9.17) is 4.74 Å². The van der Waals surface area contributed by atoms with Crippen LogP contribution in [0.1, 0.15) is 58.3 Å². The minimum Gasteiger partial charge on any atom is -0.483 e.